The molecule has 25 heavy (non-hydrogen) atoms. The Kier molecular flexibility index (Phi) is 5.80. The molecule has 3 amide bonds. The van der Waals surface area contributed by atoms with Gasteiger partial charge in [0, 0.05) is 9.65 Å². The van der Waals surface area contributed by atoms with E-state index < -0.39 is 29.6 Å². The van der Waals surface area contributed by atoms with Gasteiger partial charge in [0.15, 0.2) is 0 Å². The molecule has 1 saturated carbocycles. The number of hydrogen-bond acceptors (Lipinski definition) is 3. The van der Waals surface area contributed by atoms with E-state index in [1.165, 1.54) is 6.07 Å². The molecular weight excluding hydrogens is 544 g/mol. The first-order valence-electron chi connectivity index (χ1n) is 7.20. The molecule has 1 aromatic carbocycles. The third-order valence-corrected chi connectivity index (χ3v) is 9.15. The van der Waals surface area contributed by atoms with Gasteiger partial charge in [-0.2, -0.15) is 0 Å². The molecule has 0 bridgehead atoms. The van der Waals surface area contributed by atoms with Gasteiger partial charge in [0.2, 0.25) is 11.8 Å². The lowest BCUT2D eigenvalue weighted by molar-refractivity contribution is -0.136. The van der Waals surface area contributed by atoms with E-state index in [1.807, 2.05) is 0 Å². The lowest BCUT2D eigenvalue weighted by Gasteiger charge is -2.30. The van der Waals surface area contributed by atoms with Gasteiger partial charge >= 0.3 is 0 Å². The fourth-order valence-electron chi connectivity index (χ4n) is 3.18. The van der Waals surface area contributed by atoms with E-state index in [0.717, 1.165) is 6.42 Å². The minimum absolute atomic E-state index is 0.000260. The van der Waals surface area contributed by atoms with Crippen LogP contribution in [-0.4, -0.2) is 32.3 Å². The second kappa shape index (κ2) is 7.28. The number of benzene rings is 1. The van der Waals surface area contributed by atoms with Crippen LogP contribution in [-0.2, 0) is 9.59 Å². The molecule has 10 heteroatoms. The number of nitrogens with zero attached hydrogens (tertiary/aromatic N) is 1. The van der Waals surface area contributed by atoms with Gasteiger partial charge < -0.3 is 0 Å². The molecule has 0 spiro atoms. The van der Waals surface area contributed by atoms with Crippen LogP contribution in [0.25, 0.3) is 0 Å². The third-order valence-electron chi connectivity index (χ3n) is 4.45. The molecule has 1 aliphatic heterocycles. The van der Waals surface area contributed by atoms with E-state index >= 15 is 0 Å². The molecule has 0 aromatic heterocycles. The quantitative estimate of drug-likeness (QED) is 0.204. The lowest BCUT2D eigenvalue weighted by Crippen LogP contribution is -2.39. The fraction of sp³-hybridized carbons (Fsp3) is 0.400. The predicted octanol–water partition coefficient (Wildman–Crippen LogP) is 5.36. The van der Waals surface area contributed by atoms with Gasteiger partial charge in [0.05, 0.1) is 37.5 Å². The topological polar surface area (TPSA) is 54.5 Å². The highest BCUT2D eigenvalue weighted by molar-refractivity contribution is 9.12. The molecule has 4 nitrogen and oxygen atoms in total. The summed E-state index contributed by atoms with van der Waals surface area (Å²) >= 11 is 30.9. The molecule has 2 fully saturated rings. The highest BCUT2D eigenvalue weighted by Crippen LogP contribution is 2.45. The molecule has 2 aliphatic rings. The van der Waals surface area contributed by atoms with Crippen molar-refractivity contribution >= 4 is 96.0 Å². The van der Waals surface area contributed by atoms with Gasteiger partial charge in [0.25, 0.3) is 5.91 Å². The summed E-state index contributed by atoms with van der Waals surface area (Å²) in [5, 5.41) is -0.241. The highest BCUT2D eigenvalue weighted by Gasteiger charge is 2.56. The van der Waals surface area contributed by atoms with Crippen LogP contribution in [0.5, 0.6) is 0 Å². The summed E-state index contributed by atoms with van der Waals surface area (Å²) in [6.07, 6.45) is 1.24. The number of amides is 3. The van der Waals surface area contributed by atoms with Crippen molar-refractivity contribution in [2.24, 2.45) is 11.8 Å². The maximum absolute atomic E-state index is 12.8. The number of imide groups is 3. The average molecular weight is 553 g/mol. The first-order valence-corrected chi connectivity index (χ1v) is 10.5. The summed E-state index contributed by atoms with van der Waals surface area (Å²) in [5.74, 6) is -3.06. The summed E-state index contributed by atoms with van der Waals surface area (Å²) in [7, 11) is 0. The number of carbonyl (C=O) groups is 3. The van der Waals surface area contributed by atoms with Gasteiger partial charge in [0.1, 0.15) is 0 Å². The lowest BCUT2D eigenvalue weighted by atomic mass is 9.81. The van der Waals surface area contributed by atoms with Crippen LogP contribution >= 0.6 is 78.3 Å². The Morgan fingerprint density at radius 1 is 1.00 bits per heavy atom. The zero-order chi connectivity index (χ0) is 18.6. The van der Waals surface area contributed by atoms with Crippen LogP contribution < -0.4 is 0 Å². The van der Waals surface area contributed by atoms with E-state index in [1.54, 1.807) is 0 Å². The molecule has 4 atom stereocenters. The largest absolute Gasteiger partial charge is 0.274 e. The molecule has 0 radical (unpaired) electrons. The molecule has 1 heterocycles. The van der Waals surface area contributed by atoms with Crippen molar-refractivity contribution in [2.75, 3.05) is 0 Å². The summed E-state index contributed by atoms with van der Waals surface area (Å²) in [6, 6.07) is 1.21. The van der Waals surface area contributed by atoms with E-state index in [4.69, 9.17) is 46.4 Å². The maximum Gasteiger partial charge on any atom is 0.268 e. The van der Waals surface area contributed by atoms with Gasteiger partial charge in [-0.1, -0.05) is 78.3 Å². The number of halogens is 6. The summed E-state index contributed by atoms with van der Waals surface area (Å²) in [4.78, 5) is 38.7. The first kappa shape index (κ1) is 19.9. The van der Waals surface area contributed by atoms with Crippen molar-refractivity contribution in [3.8, 4) is 0 Å². The van der Waals surface area contributed by atoms with Crippen molar-refractivity contribution in [1.29, 1.82) is 0 Å². The number of hydrogen-bond donors (Lipinski definition) is 0. The highest BCUT2D eigenvalue weighted by atomic mass is 79.9. The fourth-order valence-corrected chi connectivity index (χ4v) is 5.52. The SMILES string of the molecule is O=C(c1cc(Cl)c(Cl)c(Cl)c1Cl)N1C(=O)C2CCC(Br)C(Br)C2C1=O. The van der Waals surface area contributed by atoms with Crippen molar-refractivity contribution in [3.05, 3.63) is 31.7 Å². The number of alkyl halides is 2. The monoisotopic (exact) mass is 549 g/mol. The van der Waals surface area contributed by atoms with Crippen LogP contribution in [0.3, 0.4) is 0 Å². The van der Waals surface area contributed by atoms with Crippen molar-refractivity contribution in [3.63, 3.8) is 0 Å². The van der Waals surface area contributed by atoms with E-state index in [2.05, 4.69) is 31.9 Å². The molecule has 3 rings (SSSR count). The standard InChI is InChI=1S/C15H9Br2Cl4NO3/c16-6-2-1-4-8(9(6)17)15(25)22(13(4)23)14(24)5-3-7(18)11(20)12(21)10(5)19/h3-4,6,8-9H,1-2H2. The van der Waals surface area contributed by atoms with Crippen molar-refractivity contribution < 1.29 is 14.4 Å². The van der Waals surface area contributed by atoms with Crippen LogP contribution in [0.15, 0.2) is 6.07 Å². The van der Waals surface area contributed by atoms with Gasteiger partial charge in [-0.05, 0) is 18.9 Å². The second-order valence-corrected chi connectivity index (χ2v) is 9.61. The zero-order valence-electron chi connectivity index (χ0n) is 12.2. The minimum atomic E-state index is -0.847. The number of rotatable bonds is 1. The van der Waals surface area contributed by atoms with E-state index in [-0.39, 0.29) is 35.3 Å². The molecule has 4 unspecified atom stereocenters. The maximum atomic E-state index is 12.8. The van der Waals surface area contributed by atoms with Crippen LogP contribution in [0.2, 0.25) is 20.1 Å². The minimum Gasteiger partial charge on any atom is -0.274 e. The second-order valence-electron chi connectivity index (χ2n) is 5.83. The normalized spacial score (nSPS) is 29.1. The van der Waals surface area contributed by atoms with E-state index in [0.29, 0.717) is 11.3 Å². The summed E-state index contributed by atoms with van der Waals surface area (Å²) < 4.78 is 0. The molecule has 1 saturated heterocycles. The Morgan fingerprint density at radius 3 is 2.28 bits per heavy atom. The smallest absolute Gasteiger partial charge is 0.268 e. The average Bonchev–Trinajstić information content (AvgIpc) is 2.83. The Hall–Kier alpha value is 0.150. The Balaban J connectivity index is 2.02. The predicted molar refractivity (Wildman–Crippen MR) is 104 cm³/mol. The van der Waals surface area contributed by atoms with Crippen molar-refractivity contribution in [1.82, 2.24) is 4.90 Å². The molecule has 1 aromatic rings. The molecule has 0 N–H and O–H groups in total. The first-order chi connectivity index (χ1) is 11.7. The van der Waals surface area contributed by atoms with Crippen molar-refractivity contribution in [2.45, 2.75) is 22.5 Å². The zero-order valence-corrected chi connectivity index (χ0v) is 18.4. The Labute approximate surface area is 180 Å². The number of fused-ring (bicyclic) bond motifs is 1. The van der Waals surface area contributed by atoms with Crippen LogP contribution in [0.1, 0.15) is 23.2 Å². The summed E-state index contributed by atoms with van der Waals surface area (Å²) in [5.41, 5.74) is -0.136. The number of likely N-dealkylation sites (tertiary alicyclic amines) is 1. The molecule has 1 aliphatic carbocycles. The molecular formula is C15H9Br2Cl4NO3. The Bertz CT molecular complexity index is 803. The van der Waals surface area contributed by atoms with Gasteiger partial charge in [-0.3, -0.25) is 14.4 Å². The molecule has 134 valence electrons. The summed E-state index contributed by atoms with van der Waals surface area (Å²) in [6.45, 7) is 0. The van der Waals surface area contributed by atoms with E-state index in [9.17, 15) is 14.4 Å². The van der Waals surface area contributed by atoms with Gasteiger partial charge in [-0.15, -0.1) is 0 Å². The van der Waals surface area contributed by atoms with Gasteiger partial charge in [-0.25, -0.2) is 4.90 Å². The van der Waals surface area contributed by atoms with Crippen LogP contribution in [0, 0.1) is 11.8 Å². The van der Waals surface area contributed by atoms with Crippen LogP contribution in [0.4, 0.5) is 0 Å². The number of carbonyl (C=O) groups excluding carboxylic acids is 3. The third kappa shape index (κ3) is 3.17. The Morgan fingerprint density at radius 2 is 1.64 bits per heavy atom.